The number of aliphatic hydroxyl groups is 1. The maximum atomic E-state index is 9.35. The summed E-state index contributed by atoms with van der Waals surface area (Å²) in [5.41, 5.74) is 2.31. The van der Waals surface area contributed by atoms with Crippen molar-refractivity contribution in [3.05, 3.63) is 35.6 Å². The molecule has 1 saturated heterocycles. The van der Waals surface area contributed by atoms with Crippen molar-refractivity contribution < 1.29 is 14.3 Å². The van der Waals surface area contributed by atoms with Crippen LogP contribution in [0.1, 0.15) is 44.1 Å². The molecule has 126 valence electrons. The highest BCUT2D eigenvalue weighted by molar-refractivity contribution is 5.82. The lowest BCUT2D eigenvalue weighted by Gasteiger charge is -2.28. The van der Waals surface area contributed by atoms with Crippen LogP contribution in [0.3, 0.4) is 0 Å². The lowest BCUT2D eigenvalue weighted by molar-refractivity contribution is 0.121. The Morgan fingerprint density at radius 2 is 2.17 bits per heavy atom. The highest BCUT2D eigenvalue weighted by Crippen LogP contribution is 2.34. The first-order valence-corrected chi connectivity index (χ1v) is 8.61. The van der Waals surface area contributed by atoms with Gasteiger partial charge < -0.3 is 19.6 Å². The SMILES string of the molecule is CCc1c(C(C)NCC2(CCO)CCOC2)oc2ccccc12. The first-order chi connectivity index (χ1) is 11.2. The Labute approximate surface area is 137 Å². The van der Waals surface area contributed by atoms with Gasteiger partial charge in [0.05, 0.1) is 12.6 Å². The normalized spacial score (nSPS) is 22.7. The van der Waals surface area contributed by atoms with Gasteiger partial charge in [-0.1, -0.05) is 25.1 Å². The summed E-state index contributed by atoms with van der Waals surface area (Å²) < 4.78 is 11.7. The fraction of sp³-hybridized carbons (Fsp3) is 0.579. The molecule has 1 aliphatic heterocycles. The van der Waals surface area contributed by atoms with E-state index in [0.29, 0.717) is 0 Å². The van der Waals surface area contributed by atoms with Crippen LogP contribution in [0.25, 0.3) is 11.0 Å². The Morgan fingerprint density at radius 1 is 1.35 bits per heavy atom. The zero-order valence-corrected chi connectivity index (χ0v) is 14.1. The molecule has 0 amide bonds. The van der Waals surface area contributed by atoms with E-state index in [1.165, 1.54) is 10.9 Å². The standard InChI is InChI=1S/C19H27NO3/c1-3-15-16-6-4-5-7-17(16)23-18(15)14(2)20-12-19(8-10-21)9-11-22-13-19/h4-7,14,20-21H,3,8-13H2,1-2H3. The maximum absolute atomic E-state index is 9.35. The zero-order valence-electron chi connectivity index (χ0n) is 14.1. The number of nitrogens with one attached hydrogen (secondary N) is 1. The highest BCUT2D eigenvalue weighted by atomic mass is 16.5. The third-order valence-corrected chi connectivity index (χ3v) is 5.09. The minimum Gasteiger partial charge on any atom is -0.459 e. The van der Waals surface area contributed by atoms with Crippen LogP contribution in [0.15, 0.2) is 28.7 Å². The Hall–Kier alpha value is -1.36. The van der Waals surface area contributed by atoms with Gasteiger partial charge in [-0.3, -0.25) is 0 Å². The first-order valence-electron chi connectivity index (χ1n) is 8.61. The number of aryl methyl sites for hydroxylation is 1. The molecule has 0 saturated carbocycles. The molecule has 2 N–H and O–H groups in total. The van der Waals surface area contributed by atoms with Crippen molar-refractivity contribution >= 4 is 11.0 Å². The van der Waals surface area contributed by atoms with Crippen molar-refractivity contribution in [2.75, 3.05) is 26.4 Å². The molecule has 3 rings (SSSR count). The number of rotatable bonds is 7. The molecule has 2 aromatic rings. The number of hydrogen-bond donors (Lipinski definition) is 2. The van der Waals surface area contributed by atoms with Crippen LogP contribution < -0.4 is 5.32 Å². The summed E-state index contributed by atoms with van der Waals surface area (Å²) in [5, 5.41) is 14.2. The minimum absolute atomic E-state index is 0.0569. The smallest absolute Gasteiger partial charge is 0.134 e. The van der Waals surface area contributed by atoms with Crippen molar-refractivity contribution in [1.82, 2.24) is 5.32 Å². The van der Waals surface area contributed by atoms with Gasteiger partial charge in [0, 0.05) is 36.1 Å². The Kier molecular flexibility index (Phi) is 5.05. The Bertz CT molecular complexity index is 643. The molecule has 23 heavy (non-hydrogen) atoms. The predicted octanol–water partition coefficient (Wildman–Crippen LogP) is 3.43. The van der Waals surface area contributed by atoms with Gasteiger partial charge in [-0.05, 0) is 32.3 Å². The summed E-state index contributed by atoms with van der Waals surface area (Å²) in [7, 11) is 0. The molecule has 0 bridgehead atoms. The minimum atomic E-state index is 0.0569. The molecule has 2 heterocycles. The second-order valence-corrected chi connectivity index (χ2v) is 6.67. The second kappa shape index (κ2) is 7.04. The Morgan fingerprint density at radius 3 is 2.87 bits per heavy atom. The summed E-state index contributed by atoms with van der Waals surface area (Å²) >= 11 is 0. The van der Waals surface area contributed by atoms with Crippen LogP contribution >= 0.6 is 0 Å². The monoisotopic (exact) mass is 317 g/mol. The van der Waals surface area contributed by atoms with Gasteiger partial charge in [-0.2, -0.15) is 0 Å². The summed E-state index contributed by atoms with van der Waals surface area (Å²) in [6.45, 7) is 6.90. The van der Waals surface area contributed by atoms with Crippen LogP contribution in [0.2, 0.25) is 0 Å². The molecule has 0 spiro atoms. The van der Waals surface area contributed by atoms with Gasteiger partial charge in [-0.15, -0.1) is 0 Å². The van der Waals surface area contributed by atoms with Gasteiger partial charge in [0.1, 0.15) is 11.3 Å². The number of furan rings is 1. The number of para-hydroxylation sites is 1. The van der Waals surface area contributed by atoms with Gasteiger partial charge in [-0.25, -0.2) is 0 Å². The summed E-state index contributed by atoms with van der Waals surface area (Å²) in [5.74, 6) is 1.03. The molecule has 2 atom stereocenters. The summed E-state index contributed by atoms with van der Waals surface area (Å²) in [4.78, 5) is 0. The number of ether oxygens (including phenoxy) is 1. The van der Waals surface area contributed by atoms with Crippen LogP contribution in [-0.2, 0) is 11.2 Å². The van der Waals surface area contributed by atoms with E-state index in [1.54, 1.807) is 0 Å². The van der Waals surface area contributed by atoms with Crippen molar-refractivity contribution in [2.45, 2.75) is 39.2 Å². The molecule has 2 unspecified atom stereocenters. The second-order valence-electron chi connectivity index (χ2n) is 6.67. The summed E-state index contributed by atoms with van der Waals surface area (Å²) in [6, 6.07) is 8.38. The van der Waals surface area contributed by atoms with E-state index in [2.05, 4.69) is 31.3 Å². The van der Waals surface area contributed by atoms with E-state index in [1.807, 2.05) is 12.1 Å². The van der Waals surface area contributed by atoms with E-state index in [0.717, 1.165) is 50.4 Å². The van der Waals surface area contributed by atoms with Crippen molar-refractivity contribution in [3.63, 3.8) is 0 Å². The molecular weight excluding hydrogens is 290 g/mol. The number of fused-ring (bicyclic) bond motifs is 1. The molecule has 1 aliphatic rings. The van der Waals surface area contributed by atoms with E-state index in [-0.39, 0.29) is 18.1 Å². The average molecular weight is 317 g/mol. The molecule has 4 heteroatoms. The van der Waals surface area contributed by atoms with Crippen molar-refractivity contribution in [3.8, 4) is 0 Å². The fourth-order valence-electron chi connectivity index (χ4n) is 3.61. The molecule has 0 aliphatic carbocycles. The van der Waals surface area contributed by atoms with Gasteiger partial charge in [0.15, 0.2) is 0 Å². The van der Waals surface area contributed by atoms with E-state index in [9.17, 15) is 5.11 Å². The van der Waals surface area contributed by atoms with E-state index < -0.39 is 0 Å². The highest BCUT2D eigenvalue weighted by Gasteiger charge is 2.34. The van der Waals surface area contributed by atoms with Crippen LogP contribution in [0.5, 0.6) is 0 Å². The zero-order chi connectivity index (χ0) is 16.3. The fourth-order valence-corrected chi connectivity index (χ4v) is 3.61. The number of benzene rings is 1. The largest absolute Gasteiger partial charge is 0.459 e. The van der Waals surface area contributed by atoms with Gasteiger partial charge in [0.25, 0.3) is 0 Å². The molecule has 1 aromatic carbocycles. The molecule has 4 nitrogen and oxygen atoms in total. The van der Waals surface area contributed by atoms with Crippen molar-refractivity contribution in [2.24, 2.45) is 5.41 Å². The topological polar surface area (TPSA) is 54.6 Å². The number of aliphatic hydroxyl groups excluding tert-OH is 1. The quantitative estimate of drug-likeness (QED) is 0.821. The van der Waals surface area contributed by atoms with Crippen LogP contribution in [0, 0.1) is 5.41 Å². The third-order valence-electron chi connectivity index (χ3n) is 5.09. The van der Waals surface area contributed by atoms with E-state index >= 15 is 0 Å². The van der Waals surface area contributed by atoms with Gasteiger partial charge in [0.2, 0.25) is 0 Å². The van der Waals surface area contributed by atoms with Crippen LogP contribution in [-0.4, -0.2) is 31.5 Å². The molecular formula is C19H27NO3. The molecule has 1 aromatic heterocycles. The van der Waals surface area contributed by atoms with Crippen LogP contribution in [0.4, 0.5) is 0 Å². The third kappa shape index (κ3) is 3.30. The first kappa shape index (κ1) is 16.5. The lowest BCUT2D eigenvalue weighted by Crippen LogP contribution is -2.37. The van der Waals surface area contributed by atoms with Crippen molar-refractivity contribution in [1.29, 1.82) is 0 Å². The van der Waals surface area contributed by atoms with E-state index in [4.69, 9.17) is 9.15 Å². The average Bonchev–Trinajstić information content (AvgIpc) is 3.17. The van der Waals surface area contributed by atoms with Gasteiger partial charge >= 0.3 is 0 Å². The molecule has 1 fully saturated rings. The maximum Gasteiger partial charge on any atom is 0.134 e. The predicted molar refractivity (Wildman–Crippen MR) is 91.6 cm³/mol. The Balaban J connectivity index is 1.76. The lowest BCUT2D eigenvalue weighted by atomic mass is 9.83. The number of hydrogen-bond acceptors (Lipinski definition) is 4. The summed E-state index contributed by atoms with van der Waals surface area (Å²) in [6.07, 6.45) is 2.75. The molecule has 0 radical (unpaired) electrons.